The quantitative estimate of drug-likeness (QED) is 0.824. The summed E-state index contributed by atoms with van der Waals surface area (Å²) in [4.78, 5) is 16.1. The number of amides is 1. The van der Waals surface area contributed by atoms with Crippen LogP contribution < -0.4 is 0 Å². The van der Waals surface area contributed by atoms with Gasteiger partial charge in [-0.25, -0.2) is 0 Å². The fourth-order valence-electron chi connectivity index (χ4n) is 2.78. The van der Waals surface area contributed by atoms with Gasteiger partial charge < -0.3 is 4.90 Å². The van der Waals surface area contributed by atoms with E-state index in [2.05, 4.69) is 11.0 Å². The van der Waals surface area contributed by atoms with Crippen molar-refractivity contribution in [2.24, 2.45) is 0 Å². The third-order valence-electron chi connectivity index (χ3n) is 4.52. The number of nitrogens with zero attached hydrogens (tertiary/aromatic N) is 3. The first-order valence-corrected chi connectivity index (χ1v) is 8.39. The molecule has 4 nitrogen and oxygen atoms in total. The van der Waals surface area contributed by atoms with Crippen LogP contribution in [0.3, 0.4) is 0 Å². The van der Waals surface area contributed by atoms with Crippen LogP contribution in [0.1, 0.15) is 38.3 Å². The largest absolute Gasteiger partial charge is 0.326 e. The molecule has 1 fully saturated rings. The fraction of sp³-hybridized carbons (Fsp3) is 0.529. The molecule has 0 N–H and O–H groups in total. The summed E-state index contributed by atoms with van der Waals surface area (Å²) in [6.45, 7) is 4.64. The highest BCUT2D eigenvalue weighted by Crippen LogP contribution is 2.34. The van der Waals surface area contributed by atoms with Crippen molar-refractivity contribution in [1.29, 1.82) is 5.26 Å². The van der Waals surface area contributed by atoms with E-state index in [9.17, 15) is 10.1 Å². The van der Waals surface area contributed by atoms with Crippen molar-refractivity contribution in [3.63, 3.8) is 0 Å². The Balaban J connectivity index is 2.12. The molecule has 1 amide bonds. The minimum absolute atomic E-state index is 0.0523. The van der Waals surface area contributed by atoms with Crippen LogP contribution in [0.25, 0.3) is 0 Å². The van der Waals surface area contributed by atoms with Gasteiger partial charge in [0.25, 0.3) is 0 Å². The topological polar surface area (TPSA) is 47.3 Å². The Bertz CT molecular complexity index is 639. The Hall–Kier alpha value is -1.28. The summed E-state index contributed by atoms with van der Waals surface area (Å²) in [6, 6.07) is 7.95. The van der Waals surface area contributed by atoms with E-state index in [-0.39, 0.29) is 11.9 Å². The van der Waals surface area contributed by atoms with Gasteiger partial charge in [0.1, 0.15) is 5.54 Å². The number of hydrogen-bond acceptors (Lipinski definition) is 3. The molecule has 23 heavy (non-hydrogen) atoms. The highest BCUT2D eigenvalue weighted by molar-refractivity contribution is 6.42. The molecule has 0 radical (unpaired) electrons. The number of likely N-dealkylation sites (tertiary alicyclic amines) is 1. The maximum Gasteiger partial charge on any atom is 0.237 e. The fourth-order valence-corrected chi connectivity index (χ4v) is 3.09. The molecule has 0 saturated carbocycles. The van der Waals surface area contributed by atoms with Crippen molar-refractivity contribution in [1.82, 2.24) is 9.80 Å². The van der Waals surface area contributed by atoms with Gasteiger partial charge in [-0.2, -0.15) is 5.26 Å². The van der Waals surface area contributed by atoms with Crippen LogP contribution in [-0.4, -0.2) is 41.4 Å². The number of carbonyl (C=O) groups is 1. The molecule has 0 bridgehead atoms. The van der Waals surface area contributed by atoms with Crippen LogP contribution >= 0.6 is 23.2 Å². The second-order valence-electron chi connectivity index (χ2n) is 6.43. The number of benzene rings is 1. The van der Waals surface area contributed by atoms with Crippen molar-refractivity contribution in [2.75, 3.05) is 20.1 Å². The maximum atomic E-state index is 12.5. The molecule has 0 spiro atoms. The molecule has 1 saturated heterocycles. The van der Waals surface area contributed by atoms with Crippen LogP contribution in [0.2, 0.25) is 10.0 Å². The molecule has 1 unspecified atom stereocenters. The van der Waals surface area contributed by atoms with Crippen molar-refractivity contribution in [3.8, 4) is 6.07 Å². The monoisotopic (exact) mass is 353 g/mol. The first-order chi connectivity index (χ1) is 10.8. The number of rotatable bonds is 4. The number of carbonyl (C=O) groups excluding carboxylic acids is 1. The van der Waals surface area contributed by atoms with Crippen LogP contribution in [0.4, 0.5) is 0 Å². The van der Waals surface area contributed by atoms with Gasteiger partial charge in [0.15, 0.2) is 0 Å². The molecular weight excluding hydrogens is 333 g/mol. The van der Waals surface area contributed by atoms with Gasteiger partial charge >= 0.3 is 0 Å². The maximum absolute atomic E-state index is 12.5. The van der Waals surface area contributed by atoms with Crippen molar-refractivity contribution >= 4 is 29.1 Å². The standard InChI is InChI=1S/C17H21Cl2N3O/c1-17(2,11-20)21(3)16(23)10-22-8-4-5-15(22)12-6-7-13(18)14(19)9-12/h6-7,9,15H,4-5,8,10H2,1-3H3. The van der Waals surface area contributed by atoms with Crippen LogP contribution in [-0.2, 0) is 4.79 Å². The van der Waals surface area contributed by atoms with E-state index in [1.807, 2.05) is 12.1 Å². The molecular formula is C17H21Cl2N3O. The highest BCUT2D eigenvalue weighted by atomic mass is 35.5. The number of likely N-dealkylation sites (N-methyl/N-ethyl adjacent to an activating group) is 1. The molecule has 1 heterocycles. The Morgan fingerprint density at radius 1 is 1.43 bits per heavy atom. The predicted octanol–water partition coefficient (Wildman–Crippen LogP) is 3.89. The van der Waals surface area contributed by atoms with Crippen LogP contribution in [0.5, 0.6) is 0 Å². The van der Waals surface area contributed by atoms with E-state index < -0.39 is 5.54 Å². The Labute approximate surface area is 147 Å². The lowest BCUT2D eigenvalue weighted by Gasteiger charge is -2.32. The van der Waals surface area contributed by atoms with E-state index in [4.69, 9.17) is 23.2 Å². The Kier molecular flexibility index (Phi) is 5.57. The van der Waals surface area contributed by atoms with Gasteiger partial charge in [-0.05, 0) is 50.9 Å². The lowest BCUT2D eigenvalue weighted by atomic mass is 10.0. The van der Waals surface area contributed by atoms with Gasteiger partial charge in [-0.15, -0.1) is 0 Å². The average molecular weight is 354 g/mol. The molecule has 0 aliphatic carbocycles. The predicted molar refractivity (Wildman–Crippen MR) is 92.5 cm³/mol. The minimum atomic E-state index is -0.810. The zero-order valence-electron chi connectivity index (χ0n) is 13.6. The van der Waals surface area contributed by atoms with Crippen molar-refractivity contribution < 1.29 is 4.79 Å². The number of hydrogen-bond donors (Lipinski definition) is 0. The third kappa shape index (κ3) is 3.98. The molecule has 0 aromatic heterocycles. The first kappa shape index (κ1) is 18.1. The van der Waals surface area contributed by atoms with E-state index >= 15 is 0 Å². The summed E-state index contributed by atoms with van der Waals surface area (Å²) in [5.41, 5.74) is 0.266. The van der Waals surface area contributed by atoms with Gasteiger partial charge in [0, 0.05) is 13.1 Å². The summed E-state index contributed by atoms with van der Waals surface area (Å²) in [6.07, 6.45) is 2.01. The molecule has 2 rings (SSSR count). The Morgan fingerprint density at radius 3 is 2.74 bits per heavy atom. The zero-order chi connectivity index (χ0) is 17.2. The minimum Gasteiger partial charge on any atom is -0.326 e. The second kappa shape index (κ2) is 7.09. The summed E-state index contributed by atoms with van der Waals surface area (Å²) in [5, 5.41) is 10.2. The van der Waals surface area contributed by atoms with Crippen LogP contribution in [0.15, 0.2) is 18.2 Å². The van der Waals surface area contributed by atoms with E-state index in [1.54, 1.807) is 27.0 Å². The normalized spacial score (nSPS) is 18.7. The van der Waals surface area contributed by atoms with Crippen molar-refractivity contribution in [2.45, 2.75) is 38.3 Å². The lowest BCUT2D eigenvalue weighted by molar-refractivity contribution is -0.134. The van der Waals surface area contributed by atoms with Gasteiger partial charge in [0.2, 0.25) is 5.91 Å². The number of halogens is 2. The molecule has 1 aliphatic rings. The highest BCUT2D eigenvalue weighted by Gasteiger charge is 2.32. The van der Waals surface area contributed by atoms with Crippen LogP contribution in [0, 0.1) is 11.3 Å². The summed E-state index contributed by atoms with van der Waals surface area (Å²) < 4.78 is 0. The third-order valence-corrected chi connectivity index (χ3v) is 5.26. The Morgan fingerprint density at radius 2 is 2.13 bits per heavy atom. The molecule has 124 valence electrons. The smallest absolute Gasteiger partial charge is 0.237 e. The molecule has 1 aromatic rings. The van der Waals surface area contributed by atoms with Gasteiger partial charge in [0.05, 0.1) is 22.7 Å². The van der Waals surface area contributed by atoms with Crippen molar-refractivity contribution in [3.05, 3.63) is 33.8 Å². The SMILES string of the molecule is CN(C(=O)CN1CCCC1c1ccc(Cl)c(Cl)c1)C(C)(C)C#N. The van der Waals surface area contributed by atoms with Gasteiger partial charge in [-0.3, -0.25) is 9.69 Å². The first-order valence-electron chi connectivity index (χ1n) is 7.63. The van der Waals surface area contributed by atoms with Gasteiger partial charge in [-0.1, -0.05) is 29.3 Å². The lowest BCUT2D eigenvalue weighted by Crippen LogP contribution is -2.48. The summed E-state index contributed by atoms with van der Waals surface area (Å²) >= 11 is 12.1. The summed E-state index contributed by atoms with van der Waals surface area (Å²) in [5.74, 6) is -0.0523. The molecule has 1 aliphatic heterocycles. The molecule has 6 heteroatoms. The number of nitriles is 1. The van der Waals surface area contributed by atoms with E-state index in [0.29, 0.717) is 16.6 Å². The summed E-state index contributed by atoms with van der Waals surface area (Å²) in [7, 11) is 1.68. The van der Waals surface area contributed by atoms with E-state index in [1.165, 1.54) is 4.90 Å². The second-order valence-corrected chi connectivity index (χ2v) is 7.24. The molecule has 1 aromatic carbocycles. The average Bonchev–Trinajstić information content (AvgIpc) is 2.97. The zero-order valence-corrected chi connectivity index (χ0v) is 15.2. The molecule has 1 atom stereocenters. The van der Waals surface area contributed by atoms with E-state index in [0.717, 1.165) is 24.9 Å².